The maximum atomic E-state index is 12.3. The highest BCUT2D eigenvalue weighted by Crippen LogP contribution is 2.24. The molecule has 8 heteroatoms. The molecule has 0 unspecified atom stereocenters. The summed E-state index contributed by atoms with van der Waals surface area (Å²) in [6.07, 6.45) is -1.67. The van der Waals surface area contributed by atoms with Crippen LogP contribution in [-0.2, 0) is 0 Å². The van der Waals surface area contributed by atoms with Crippen molar-refractivity contribution in [2.75, 3.05) is 31.5 Å². The number of benzene rings is 1. The molecule has 0 aromatic heterocycles. The predicted octanol–water partition coefficient (Wildman–Crippen LogP) is 3.70. The summed E-state index contributed by atoms with van der Waals surface area (Å²) in [5, 5.41) is 3.01. The van der Waals surface area contributed by atoms with Crippen LogP contribution in [-0.4, -0.2) is 43.2 Å². The van der Waals surface area contributed by atoms with Gasteiger partial charge in [-0.15, -0.1) is 24.0 Å². The molecule has 1 heterocycles. The molecule has 0 atom stereocenters. The zero-order valence-electron chi connectivity index (χ0n) is 13.4. The molecule has 2 rings (SSSR count). The molecule has 1 saturated heterocycles. The van der Waals surface area contributed by atoms with E-state index in [1.165, 1.54) is 4.90 Å². The van der Waals surface area contributed by atoms with Crippen molar-refractivity contribution in [1.29, 1.82) is 0 Å². The second-order valence-electron chi connectivity index (χ2n) is 5.88. The zero-order chi connectivity index (χ0) is 16.7. The van der Waals surface area contributed by atoms with Crippen LogP contribution in [0.15, 0.2) is 35.3 Å². The average molecular weight is 456 g/mol. The van der Waals surface area contributed by atoms with E-state index < -0.39 is 12.7 Å². The van der Waals surface area contributed by atoms with Gasteiger partial charge in [-0.3, -0.25) is 9.89 Å². The third-order valence-corrected chi connectivity index (χ3v) is 3.98. The SMILES string of the molecule is I.NC(=NCCC1CCN(CC(F)(F)F)CC1)Nc1ccccc1. The van der Waals surface area contributed by atoms with Gasteiger partial charge >= 0.3 is 6.18 Å². The number of anilines is 1. The Hall–Kier alpha value is -1.03. The van der Waals surface area contributed by atoms with Crippen LogP contribution in [0.1, 0.15) is 19.3 Å². The number of hydrogen-bond acceptors (Lipinski definition) is 2. The van der Waals surface area contributed by atoms with Crippen LogP contribution in [0.3, 0.4) is 0 Å². The molecule has 1 aromatic carbocycles. The Morgan fingerprint density at radius 2 is 1.83 bits per heavy atom. The summed E-state index contributed by atoms with van der Waals surface area (Å²) in [5.74, 6) is 0.790. The molecule has 1 aliphatic rings. The van der Waals surface area contributed by atoms with Gasteiger partial charge in [0, 0.05) is 12.2 Å². The van der Waals surface area contributed by atoms with Crippen molar-refractivity contribution in [2.24, 2.45) is 16.6 Å². The van der Waals surface area contributed by atoms with Gasteiger partial charge < -0.3 is 11.1 Å². The fourth-order valence-corrected chi connectivity index (χ4v) is 2.76. The maximum Gasteiger partial charge on any atom is 0.401 e. The smallest absolute Gasteiger partial charge is 0.370 e. The average Bonchev–Trinajstić information content (AvgIpc) is 2.48. The molecule has 3 N–H and O–H groups in total. The van der Waals surface area contributed by atoms with Gasteiger partial charge in [0.25, 0.3) is 0 Å². The Balaban J connectivity index is 0.00000288. The number of piperidine rings is 1. The largest absolute Gasteiger partial charge is 0.401 e. The molecule has 0 saturated carbocycles. The van der Waals surface area contributed by atoms with Gasteiger partial charge in [0.15, 0.2) is 5.96 Å². The normalized spacial score (nSPS) is 17.4. The van der Waals surface area contributed by atoms with Crippen molar-refractivity contribution in [3.05, 3.63) is 30.3 Å². The summed E-state index contributed by atoms with van der Waals surface area (Å²) in [4.78, 5) is 5.76. The molecule has 24 heavy (non-hydrogen) atoms. The summed E-state index contributed by atoms with van der Waals surface area (Å²) in [6, 6.07) is 9.54. The van der Waals surface area contributed by atoms with E-state index >= 15 is 0 Å². The lowest BCUT2D eigenvalue weighted by atomic mass is 9.93. The maximum absolute atomic E-state index is 12.3. The van der Waals surface area contributed by atoms with E-state index in [0.717, 1.165) is 24.9 Å². The van der Waals surface area contributed by atoms with Gasteiger partial charge in [-0.25, -0.2) is 0 Å². The fraction of sp³-hybridized carbons (Fsp3) is 0.562. The monoisotopic (exact) mass is 456 g/mol. The fourth-order valence-electron chi connectivity index (χ4n) is 2.76. The van der Waals surface area contributed by atoms with Crippen LogP contribution in [0.4, 0.5) is 18.9 Å². The molecule has 0 radical (unpaired) electrons. The van der Waals surface area contributed by atoms with Crippen LogP contribution >= 0.6 is 24.0 Å². The highest BCUT2D eigenvalue weighted by atomic mass is 127. The lowest BCUT2D eigenvalue weighted by Crippen LogP contribution is -2.40. The Labute approximate surface area is 157 Å². The minimum absolute atomic E-state index is 0. The van der Waals surface area contributed by atoms with E-state index in [-0.39, 0.29) is 24.0 Å². The lowest BCUT2D eigenvalue weighted by molar-refractivity contribution is -0.148. The van der Waals surface area contributed by atoms with E-state index in [9.17, 15) is 13.2 Å². The van der Waals surface area contributed by atoms with Crippen LogP contribution in [0.25, 0.3) is 0 Å². The van der Waals surface area contributed by atoms with Gasteiger partial charge in [0.2, 0.25) is 0 Å². The number of nitrogens with zero attached hydrogens (tertiary/aromatic N) is 2. The molecule has 0 spiro atoms. The quantitative estimate of drug-likeness (QED) is 0.404. The highest BCUT2D eigenvalue weighted by molar-refractivity contribution is 14.0. The van der Waals surface area contributed by atoms with Crippen LogP contribution in [0.2, 0.25) is 0 Å². The van der Waals surface area contributed by atoms with Crippen molar-refractivity contribution in [2.45, 2.75) is 25.4 Å². The van der Waals surface area contributed by atoms with Crippen LogP contribution < -0.4 is 11.1 Å². The topological polar surface area (TPSA) is 53.6 Å². The summed E-state index contributed by atoms with van der Waals surface area (Å²) in [6.45, 7) is 0.804. The number of aliphatic imine (C=N–C) groups is 1. The molecule has 4 nitrogen and oxygen atoms in total. The summed E-state index contributed by atoms with van der Waals surface area (Å²) in [5.41, 5.74) is 6.70. The lowest BCUT2D eigenvalue weighted by Gasteiger charge is -2.32. The molecule has 1 aromatic rings. The number of halogens is 4. The minimum atomic E-state index is -4.10. The standard InChI is InChI=1S/C16H23F3N4.HI/c17-16(18,19)12-23-10-7-13(8-11-23)6-9-21-15(20)22-14-4-2-1-3-5-14;/h1-5,13H,6-12H2,(H3,20,21,22);1H. The third kappa shape index (κ3) is 8.18. The van der Waals surface area contributed by atoms with Gasteiger partial charge in [-0.05, 0) is 50.4 Å². The van der Waals surface area contributed by atoms with Crippen LogP contribution in [0, 0.1) is 5.92 Å². The number of nitrogens with one attached hydrogen (secondary N) is 1. The summed E-state index contributed by atoms with van der Waals surface area (Å²) >= 11 is 0. The first-order valence-electron chi connectivity index (χ1n) is 7.83. The van der Waals surface area contributed by atoms with Crippen molar-refractivity contribution in [3.8, 4) is 0 Å². The van der Waals surface area contributed by atoms with Gasteiger partial charge in [0.05, 0.1) is 6.54 Å². The molecule has 0 amide bonds. The van der Waals surface area contributed by atoms with E-state index in [0.29, 0.717) is 31.5 Å². The first kappa shape index (κ1) is 21.0. The Kier molecular flexibility index (Phi) is 8.82. The van der Waals surface area contributed by atoms with E-state index in [1.807, 2.05) is 30.3 Å². The number of guanidine groups is 1. The Morgan fingerprint density at radius 3 is 2.42 bits per heavy atom. The van der Waals surface area contributed by atoms with E-state index in [1.54, 1.807) is 0 Å². The molecular formula is C16H24F3IN4. The number of likely N-dealkylation sites (tertiary alicyclic amines) is 1. The summed E-state index contributed by atoms with van der Waals surface area (Å²) < 4.78 is 37.0. The van der Waals surface area contributed by atoms with Gasteiger partial charge in [-0.2, -0.15) is 13.2 Å². The van der Waals surface area contributed by atoms with Crippen LogP contribution in [0.5, 0.6) is 0 Å². The molecule has 136 valence electrons. The van der Waals surface area contributed by atoms with Crippen molar-refractivity contribution in [1.82, 2.24) is 4.90 Å². The van der Waals surface area contributed by atoms with Crippen molar-refractivity contribution >= 4 is 35.6 Å². The molecule has 0 aliphatic carbocycles. The number of rotatable bonds is 5. The Morgan fingerprint density at radius 1 is 1.21 bits per heavy atom. The van der Waals surface area contributed by atoms with E-state index in [2.05, 4.69) is 10.3 Å². The molecular weight excluding hydrogens is 432 g/mol. The number of para-hydroxylation sites is 1. The molecule has 0 bridgehead atoms. The van der Waals surface area contributed by atoms with Crippen molar-refractivity contribution in [3.63, 3.8) is 0 Å². The first-order valence-corrected chi connectivity index (χ1v) is 7.83. The summed E-state index contributed by atoms with van der Waals surface area (Å²) in [7, 11) is 0. The second kappa shape index (κ2) is 10.1. The predicted molar refractivity (Wildman–Crippen MR) is 102 cm³/mol. The van der Waals surface area contributed by atoms with Gasteiger partial charge in [-0.1, -0.05) is 18.2 Å². The molecule has 1 fully saturated rings. The Bertz CT molecular complexity index is 500. The third-order valence-electron chi connectivity index (χ3n) is 3.98. The zero-order valence-corrected chi connectivity index (χ0v) is 15.8. The van der Waals surface area contributed by atoms with E-state index in [4.69, 9.17) is 5.73 Å². The van der Waals surface area contributed by atoms with Gasteiger partial charge in [0.1, 0.15) is 0 Å². The highest BCUT2D eigenvalue weighted by Gasteiger charge is 2.32. The number of alkyl halides is 3. The molecule has 1 aliphatic heterocycles. The van der Waals surface area contributed by atoms with Crippen molar-refractivity contribution < 1.29 is 13.2 Å². The first-order chi connectivity index (χ1) is 10.9. The number of hydrogen-bond donors (Lipinski definition) is 2. The number of nitrogens with two attached hydrogens (primary N) is 1. The minimum Gasteiger partial charge on any atom is -0.370 e. The second-order valence-corrected chi connectivity index (χ2v) is 5.88.